The molecule has 0 spiro atoms. The monoisotopic (exact) mass is 437 g/mol. The lowest BCUT2D eigenvalue weighted by atomic mass is 9.91. The first kappa shape index (κ1) is 20.6. The summed E-state index contributed by atoms with van der Waals surface area (Å²) in [5, 5.41) is 5.09. The molecule has 32 heavy (non-hydrogen) atoms. The molecule has 5 rings (SSSR count). The molecule has 7 nitrogen and oxygen atoms in total. The number of para-hydroxylation sites is 2. The molecule has 0 radical (unpaired) electrons. The number of piperidine rings is 1. The van der Waals surface area contributed by atoms with Gasteiger partial charge in [0.05, 0.1) is 11.2 Å². The summed E-state index contributed by atoms with van der Waals surface area (Å²) in [4.78, 5) is 27.0. The highest BCUT2D eigenvalue weighted by Gasteiger charge is 2.25. The van der Waals surface area contributed by atoms with Gasteiger partial charge >= 0.3 is 5.76 Å². The molecular weight excluding hydrogens is 413 g/mol. The van der Waals surface area contributed by atoms with E-state index in [0.717, 1.165) is 54.5 Å². The number of fused-ring (bicyclic) bond motifs is 2. The van der Waals surface area contributed by atoms with Gasteiger partial charge in [0.25, 0.3) is 0 Å². The van der Waals surface area contributed by atoms with E-state index in [9.17, 15) is 14.0 Å². The van der Waals surface area contributed by atoms with Crippen molar-refractivity contribution in [3.05, 3.63) is 64.5 Å². The quantitative estimate of drug-likeness (QED) is 0.411. The molecule has 0 saturated carbocycles. The lowest BCUT2D eigenvalue weighted by Crippen LogP contribution is -2.34. The maximum Gasteiger partial charge on any atom is 0.426 e. The van der Waals surface area contributed by atoms with Crippen LogP contribution in [0.5, 0.6) is 0 Å². The normalized spacial score (nSPS) is 15.7. The number of likely N-dealkylation sites (tertiary alicyclic amines) is 1. The largest absolute Gasteiger partial charge is 0.426 e. The average molecular weight is 437 g/mol. The third kappa shape index (κ3) is 3.98. The van der Waals surface area contributed by atoms with Gasteiger partial charge in [-0.15, -0.1) is 0 Å². The number of unbranched alkanes of at least 4 members (excludes halogenated alkanes) is 1. The van der Waals surface area contributed by atoms with Crippen molar-refractivity contribution in [1.29, 1.82) is 0 Å². The van der Waals surface area contributed by atoms with Gasteiger partial charge < -0.3 is 13.8 Å². The van der Waals surface area contributed by atoms with Crippen LogP contribution >= 0.6 is 0 Å². The first-order valence-corrected chi connectivity index (χ1v) is 11.0. The van der Waals surface area contributed by atoms with Crippen molar-refractivity contribution in [1.82, 2.24) is 14.6 Å². The van der Waals surface area contributed by atoms with E-state index in [2.05, 4.69) is 10.1 Å². The number of oxazole rings is 1. The fraction of sp³-hybridized carbons (Fsp3) is 0.375. The number of hydrogen-bond acceptors (Lipinski definition) is 6. The Morgan fingerprint density at radius 3 is 2.75 bits per heavy atom. The Morgan fingerprint density at radius 2 is 1.91 bits per heavy atom. The van der Waals surface area contributed by atoms with Crippen LogP contribution in [0.3, 0.4) is 0 Å². The third-order valence-corrected chi connectivity index (χ3v) is 6.29. The summed E-state index contributed by atoms with van der Waals surface area (Å²) in [6.45, 7) is 2.80. The Kier molecular flexibility index (Phi) is 5.61. The van der Waals surface area contributed by atoms with Crippen LogP contribution in [-0.2, 0) is 0 Å². The minimum atomic E-state index is -0.624. The fourth-order valence-corrected chi connectivity index (χ4v) is 4.58. The summed E-state index contributed by atoms with van der Waals surface area (Å²) in [7, 11) is 0. The van der Waals surface area contributed by atoms with Gasteiger partial charge in [-0.2, -0.15) is 0 Å². The van der Waals surface area contributed by atoms with Crippen molar-refractivity contribution >= 4 is 28.0 Å². The second-order valence-electron chi connectivity index (χ2n) is 8.35. The second-order valence-corrected chi connectivity index (χ2v) is 8.35. The lowest BCUT2D eigenvalue weighted by molar-refractivity contribution is 0.0893. The molecule has 2 aromatic heterocycles. The van der Waals surface area contributed by atoms with Gasteiger partial charge in [0.2, 0.25) is 5.91 Å². The zero-order chi connectivity index (χ0) is 22.1. The van der Waals surface area contributed by atoms with E-state index in [1.807, 2.05) is 0 Å². The first-order valence-electron chi connectivity index (χ1n) is 11.0. The van der Waals surface area contributed by atoms with E-state index >= 15 is 0 Å². The number of carbonyl (C=O) groups excluding carboxylic acids is 1. The number of aromatic nitrogens is 2. The van der Waals surface area contributed by atoms with Crippen LogP contribution in [0.1, 0.15) is 48.5 Å². The topological polar surface area (TPSA) is 81.5 Å². The predicted octanol–water partition coefficient (Wildman–Crippen LogP) is 4.56. The molecule has 0 aliphatic carbocycles. The molecule has 166 valence electrons. The molecule has 1 aliphatic heterocycles. The average Bonchev–Trinajstić information content (AvgIpc) is 3.36. The summed E-state index contributed by atoms with van der Waals surface area (Å²) in [5.41, 5.74) is 2.37. The van der Waals surface area contributed by atoms with Gasteiger partial charge in [-0.25, -0.2) is 13.8 Å². The first-order chi connectivity index (χ1) is 15.6. The van der Waals surface area contributed by atoms with Gasteiger partial charge in [-0.3, -0.25) is 4.79 Å². The van der Waals surface area contributed by atoms with E-state index in [4.69, 9.17) is 8.94 Å². The lowest BCUT2D eigenvalue weighted by Gasteiger charge is -2.31. The smallest absolute Gasteiger partial charge is 0.407 e. The molecular formula is C24H24FN3O4. The van der Waals surface area contributed by atoms with Gasteiger partial charge in [-0.1, -0.05) is 17.3 Å². The van der Waals surface area contributed by atoms with Crippen LogP contribution in [0.15, 0.2) is 56.2 Å². The molecule has 1 aliphatic rings. The number of nitrogens with zero attached hydrogens (tertiary/aromatic N) is 3. The minimum Gasteiger partial charge on any atom is -0.407 e. The standard InChI is InChI=1S/C24H24FN3O4/c25-17-8-9-18-21(15-17)32-26-23(18)16-10-13-27(14-11-16)12-4-3-7-22(29)28-19-5-1-2-6-20(19)31-24(28)30/h1-2,5-6,8-9,15-16H,3-4,7,10-14H2. The van der Waals surface area contributed by atoms with E-state index in [-0.39, 0.29) is 11.7 Å². The molecule has 1 saturated heterocycles. The second kappa shape index (κ2) is 8.70. The Balaban J connectivity index is 1.10. The molecule has 0 N–H and O–H groups in total. The summed E-state index contributed by atoms with van der Waals surface area (Å²) in [5.74, 6) is -0.866. The summed E-state index contributed by atoms with van der Waals surface area (Å²) >= 11 is 0. The van der Waals surface area contributed by atoms with Crippen molar-refractivity contribution in [2.75, 3.05) is 19.6 Å². The van der Waals surface area contributed by atoms with Crippen LogP contribution in [-0.4, -0.2) is 40.2 Å². The number of rotatable bonds is 6. The molecule has 2 aromatic carbocycles. The molecule has 4 aromatic rings. The van der Waals surface area contributed by atoms with Gasteiger partial charge in [-0.05, 0) is 69.6 Å². The van der Waals surface area contributed by atoms with Crippen LogP contribution in [0.2, 0.25) is 0 Å². The summed E-state index contributed by atoms with van der Waals surface area (Å²) in [6, 6.07) is 11.5. The van der Waals surface area contributed by atoms with E-state index in [1.165, 1.54) is 12.1 Å². The van der Waals surface area contributed by atoms with Crippen molar-refractivity contribution in [3.63, 3.8) is 0 Å². The SMILES string of the molecule is O=C(CCCCN1CCC(c2noc3cc(F)ccc23)CC1)n1c(=O)oc2ccccc21. The van der Waals surface area contributed by atoms with Crippen LogP contribution in [0, 0.1) is 5.82 Å². The van der Waals surface area contributed by atoms with Crippen molar-refractivity contribution in [2.45, 2.75) is 38.0 Å². The Labute approximate surface area is 183 Å². The van der Waals surface area contributed by atoms with Gasteiger partial charge in [0.1, 0.15) is 5.82 Å². The molecule has 0 bridgehead atoms. The highest BCUT2D eigenvalue weighted by atomic mass is 19.1. The zero-order valence-electron chi connectivity index (χ0n) is 17.6. The third-order valence-electron chi connectivity index (χ3n) is 6.29. The number of halogens is 1. The number of hydrogen-bond donors (Lipinski definition) is 0. The van der Waals surface area contributed by atoms with E-state index in [0.29, 0.717) is 35.4 Å². The highest BCUT2D eigenvalue weighted by molar-refractivity contribution is 5.89. The Bertz CT molecular complexity index is 1310. The Morgan fingerprint density at radius 1 is 1.09 bits per heavy atom. The van der Waals surface area contributed by atoms with Crippen LogP contribution < -0.4 is 5.76 Å². The zero-order valence-corrected chi connectivity index (χ0v) is 17.6. The molecule has 3 heterocycles. The highest BCUT2D eigenvalue weighted by Crippen LogP contribution is 2.32. The summed E-state index contributed by atoms with van der Waals surface area (Å²) < 4.78 is 25.0. The molecule has 0 amide bonds. The molecule has 0 unspecified atom stereocenters. The summed E-state index contributed by atoms with van der Waals surface area (Å²) in [6.07, 6.45) is 3.83. The predicted molar refractivity (Wildman–Crippen MR) is 117 cm³/mol. The molecule has 0 atom stereocenters. The van der Waals surface area contributed by atoms with Crippen molar-refractivity contribution in [2.24, 2.45) is 0 Å². The Hall–Kier alpha value is -3.26. The maximum absolute atomic E-state index is 13.4. The van der Waals surface area contributed by atoms with Crippen LogP contribution in [0.4, 0.5) is 4.39 Å². The van der Waals surface area contributed by atoms with Crippen molar-refractivity contribution < 1.29 is 18.1 Å². The number of carbonyl (C=O) groups is 1. The van der Waals surface area contributed by atoms with E-state index in [1.54, 1.807) is 30.3 Å². The minimum absolute atomic E-state index is 0.229. The number of benzene rings is 2. The van der Waals surface area contributed by atoms with Crippen LogP contribution in [0.25, 0.3) is 22.1 Å². The maximum atomic E-state index is 13.4. The van der Waals surface area contributed by atoms with Crippen molar-refractivity contribution in [3.8, 4) is 0 Å². The molecule has 8 heteroatoms. The van der Waals surface area contributed by atoms with E-state index < -0.39 is 5.76 Å². The molecule has 1 fully saturated rings. The van der Waals surface area contributed by atoms with Gasteiger partial charge in [0.15, 0.2) is 11.2 Å². The fourth-order valence-electron chi connectivity index (χ4n) is 4.58. The van der Waals surface area contributed by atoms with Gasteiger partial charge in [0, 0.05) is 23.8 Å².